The minimum Gasteiger partial charge on any atom is -0.456 e. The average Bonchev–Trinajstić information content (AvgIpc) is 2.53. The van der Waals surface area contributed by atoms with E-state index in [0.717, 1.165) is 0 Å². The van der Waals surface area contributed by atoms with Crippen molar-refractivity contribution in [3.8, 4) is 0 Å². The van der Waals surface area contributed by atoms with Crippen LogP contribution in [-0.2, 0) is 16.1 Å². The van der Waals surface area contributed by atoms with E-state index < -0.39 is 10.9 Å². The van der Waals surface area contributed by atoms with Gasteiger partial charge in [0.2, 0.25) is 0 Å². The van der Waals surface area contributed by atoms with Gasteiger partial charge in [-0.1, -0.05) is 23.7 Å². The Bertz CT molecular complexity index is 717. The highest BCUT2D eigenvalue weighted by atomic mass is 35.5. The Hall–Kier alpha value is -2.73. The van der Waals surface area contributed by atoms with E-state index >= 15 is 0 Å². The van der Waals surface area contributed by atoms with Gasteiger partial charge in [-0.3, -0.25) is 15.1 Å². The lowest BCUT2D eigenvalue weighted by Gasteiger charge is -2.01. The van der Waals surface area contributed by atoms with Gasteiger partial charge in [0, 0.05) is 18.3 Å². The first-order valence-corrected chi connectivity index (χ1v) is 6.63. The Labute approximate surface area is 131 Å². The number of hydrogen-bond donors (Lipinski definition) is 0. The van der Waals surface area contributed by atoms with Crippen LogP contribution < -0.4 is 0 Å². The van der Waals surface area contributed by atoms with Crippen molar-refractivity contribution in [1.82, 2.24) is 4.98 Å². The van der Waals surface area contributed by atoms with Crippen LogP contribution >= 0.6 is 11.6 Å². The summed E-state index contributed by atoms with van der Waals surface area (Å²) in [4.78, 5) is 25.8. The lowest BCUT2D eigenvalue weighted by molar-refractivity contribution is -0.384. The van der Waals surface area contributed by atoms with Crippen LogP contribution in [0.2, 0.25) is 5.02 Å². The van der Waals surface area contributed by atoms with Gasteiger partial charge in [-0.05, 0) is 29.8 Å². The number of nitro groups is 1. The Balaban J connectivity index is 1.98. The molecule has 7 heteroatoms. The van der Waals surface area contributed by atoms with E-state index in [1.165, 1.54) is 24.3 Å². The second-order valence-corrected chi connectivity index (χ2v) is 4.64. The highest BCUT2D eigenvalue weighted by Crippen LogP contribution is 2.25. The van der Waals surface area contributed by atoms with E-state index in [9.17, 15) is 14.9 Å². The van der Waals surface area contributed by atoms with Crippen molar-refractivity contribution in [3.05, 3.63) is 75.1 Å². The number of halogens is 1. The van der Waals surface area contributed by atoms with Gasteiger partial charge in [0.25, 0.3) is 5.69 Å². The molecule has 1 aromatic carbocycles. The third-order valence-electron chi connectivity index (χ3n) is 2.67. The molecule has 2 aromatic rings. The zero-order valence-corrected chi connectivity index (χ0v) is 12.1. The Kier molecular flexibility index (Phi) is 5.21. The van der Waals surface area contributed by atoms with Gasteiger partial charge in [0.1, 0.15) is 11.6 Å². The van der Waals surface area contributed by atoms with E-state index in [1.54, 1.807) is 30.5 Å². The van der Waals surface area contributed by atoms with Crippen LogP contribution in [0.5, 0.6) is 0 Å². The molecule has 1 heterocycles. The van der Waals surface area contributed by atoms with E-state index in [1.807, 2.05) is 0 Å². The summed E-state index contributed by atoms with van der Waals surface area (Å²) < 4.78 is 5.00. The fourth-order valence-electron chi connectivity index (χ4n) is 1.61. The molecule has 2 rings (SSSR count). The van der Waals surface area contributed by atoms with Crippen molar-refractivity contribution in [2.75, 3.05) is 0 Å². The number of benzene rings is 1. The molecule has 0 aliphatic heterocycles. The average molecular weight is 319 g/mol. The number of ether oxygens (including phenoxy) is 1. The molecule has 22 heavy (non-hydrogen) atoms. The molecular weight excluding hydrogens is 308 g/mol. The molecule has 112 valence electrons. The summed E-state index contributed by atoms with van der Waals surface area (Å²) in [6.07, 6.45) is 4.21. The first-order chi connectivity index (χ1) is 10.6. The lowest BCUT2D eigenvalue weighted by Crippen LogP contribution is -2.01. The minimum atomic E-state index is -0.584. The number of nitro benzene ring substituents is 1. The van der Waals surface area contributed by atoms with Gasteiger partial charge in [-0.15, -0.1) is 0 Å². The SMILES string of the molecule is O=C(/C=C/c1ccc(Cl)c([N+](=O)[O-])c1)OCc1ccccn1. The maximum atomic E-state index is 11.6. The number of rotatable bonds is 5. The lowest BCUT2D eigenvalue weighted by atomic mass is 10.2. The molecule has 0 radical (unpaired) electrons. The van der Waals surface area contributed by atoms with E-state index in [-0.39, 0.29) is 17.3 Å². The van der Waals surface area contributed by atoms with Gasteiger partial charge < -0.3 is 4.74 Å². The van der Waals surface area contributed by atoms with Crippen LogP contribution in [-0.4, -0.2) is 15.9 Å². The highest BCUT2D eigenvalue weighted by Gasteiger charge is 2.11. The summed E-state index contributed by atoms with van der Waals surface area (Å²) in [5.74, 6) is -0.566. The third-order valence-corrected chi connectivity index (χ3v) is 2.99. The van der Waals surface area contributed by atoms with Gasteiger partial charge >= 0.3 is 5.97 Å². The fraction of sp³-hybridized carbons (Fsp3) is 0.0667. The smallest absolute Gasteiger partial charge is 0.331 e. The molecule has 0 aliphatic rings. The largest absolute Gasteiger partial charge is 0.456 e. The first kappa shape index (κ1) is 15.7. The molecule has 0 unspecified atom stereocenters. The summed E-state index contributed by atoms with van der Waals surface area (Å²) in [6, 6.07) is 9.54. The van der Waals surface area contributed by atoms with Crippen LogP contribution in [0.1, 0.15) is 11.3 Å². The van der Waals surface area contributed by atoms with Gasteiger partial charge in [0.15, 0.2) is 0 Å². The normalized spacial score (nSPS) is 10.6. The summed E-state index contributed by atoms with van der Waals surface area (Å²) in [6.45, 7) is 0.0603. The predicted molar refractivity (Wildman–Crippen MR) is 81.2 cm³/mol. The van der Waals surface area contributed by atoms with Gasteiger partial charge in [0.05, 0.1) is 10.6 Å². The van der Waals surface area contributed by atoms with Gasteiger partial charge in [-0.25, -0.2) is 4.79 Å². The second-order valence-electron chi connectivity index (χ2n) is 4.23. The van der Waals surface area contributed by atoms with Crippen LogP contribution in [0.4, 0.5) is 5.69 Å². The zero-order chi connectivity index (χ0) is 15.9. The molecular formula is C15H11ClN2O4. The summed E-state index contributed by atoms with van der Waals surface area (Å²) in [7, 11) is 0. The first-order valence-electron chi connectivity index (χ1n) is 6.25. The molecule has 1 aromatic heterocycles. The maximum absolute atomic E-state index is 11.6. The summed E-state index contributed by atoms with van der Waals surface area (Å²) in [5.41, 5.74) is 0.892. The number of pyridine rings is 1. The third kappa shape index (κ3) is 4.39. The predicted octanol–water partition coefficient (Wildman–Crippen LogP) is 3.40. The van der Waals surface area contributed by atoms with Crippen LogP contribution in [0.15, 0.2) is 48.7 Å². The highest BCUT2D eigenvalue weighted by molar-refractivity contribution is 6.32. The number of nitrogens with zero attached hydrogens (tertiary/aromatic N) is 2. The van der Waals surface area contributed by atoms with Crippen molar-refractivity contribution in [2.24, 2.45) is 0 Å². The standard InChI is InChI=1S/C15H11ClN2O4/c16-13-6-4-11(9-14(13)18(20)21)5-7-15(19)22-10-12-3-1-2-8-17-12/h1-9H,10H2/b7-5+. The number of carbonyl (C=O) groups excluding carboxylic acids is 1. The number of carbonyl (C=O) groups is 1. The van der Waals surface area contributed by atoms with Crippen LogP contribution in [0, 0.1) is 10.1 Å². The molecule has 0 spiro atoms. The summed E-state index contributed by atoms with van der Waals surface area (Å²) >= 11 is 5.71. The van der Waals surface area contributed by atoms with E-state index in [4.69, 9.17) is 16.3 Å². The number of hydrogen-bond acceptors (Lipinski definition) is 5. The van der Waals surface area contributed by atoms with Crippen molar-refractivity contribution in [1.29, 1.82) is 0 Å². The maximum Gasteiger partial charge on any atom is 0.331 e. The Morgan fingerprint density at radius 2 is 2.18 bits per heavy atom. The molecule has 0 saturated heterocycles. The fourth-order valence-corrected chi connectivity index (χ4v) is 1.80. The molecule has 0 bridgehead atoms. The van der Waals surface area contributed by atoms with Crippen molar-refractivity contribution >= 4 is 29.3 Å². The monoisotopic (exact) mass is 318 g/mol. The molecule has 0 amide bonds. The van der Waals surface area contributed by atoms with Crippen molar-refractivity contribution in [3.63, 3.8) is 0 Å². The summed E-state index contributed by atoms with van der Waals surface area (Å²) in [5, 5.41) is 10.8. The topological polar surface area (TPSA) is 82.3 Å². The second kappa shape index (κ2) is 7.33. The van der Waals surface area contributed by atoms with Gasteiger partial charge in [-0.2, -0.15) is 0 Å². The number of aromatic nitrogens is 1. The molecule has 0 fully saturated rings. The Morgan fingerprint density at radius 1 is 1.36 bits per heavy atom. The van der Waals surface area contributed by atoms with Crippen molar-refractivity contribution in [2.45, 2.75) is 6.61 Å². The minimum absolute atomic E-state index is 0.0416. The van der Waals surface area contributed by atoms with Crippen LogP contribution in [0.25, 0.3) is 6.08 Å². The molecule has 0 atom stereocenters. The Morgan fingerprint density at radius 3 is 2.86 bits per heavy atom. The zero-order valence-electron chi connectivity index (χ0n) is 11.3. The molecule has 0 saturated carbocycles. The molecule has 6 nitrogen and oxygen atoms in total. The van der Waals surface area contributed by atoms with E-state index in [0.29, 0.717) is 11.3 Å². The van der Waals surface area contributed by atoms with E-state index in [2.05, 4.69) is 4.98 Å². The van der Waals surface area contributed by atoms with Crippen molar-refractivity contribution < 1.29 is 14.5 Å². The quantitative estimate of drug-likeness (QED) is 0.365. The number of esters is 1. The molecule has 0 aliphatic carbocycles. The van der Waals surface area contributed by atoms with Crippen LogP contribution in [0.3, 0.4) is 0 Å². The molecule has 0 N–H and O–H groups in total.